The van der Waals surface area contributed by atoms with Crippen molar-refractivity contribution >= 4 is 44.4 Å². The molecule has 0 unspecified atom stereocenters. The van der Waals surface area contributed by atoms with Gasteiger partial charge in [0.25, 0.3) is 5.91 Å². The maximum Gasteiger partial charge on any atom is 0.251 e. The van der Waals surface area contributed by atoms with Gasteiger partial charge in [-0.2, -0.15) is 5.10 Å². The van der Waals surface area contributed by atoms with Crippen molar-refractivity contribution in [2.24, 2.45) is 0 Å². The third-order valence-corrected chi connectivity index (χ3v) is 6.69. The highest BCUT2D eigenvalue weighted by atomic mass is 16.5. The summed E-state index contributed by atoms with van der Waals surface area (Å²) in [6.45, 7) is 7.26. The van der Waals surface area contributed by atoms with Crippen molar-refractivity contribution in [2.75, 3.05) is 12.3 Å². The molecule has 6 rings (SSSR count). The largest absolute Gasteiger partial charge is 0.493 e. The first-order valence-corrected chi connectivity index (χ1v) is 12.3. The molecule has 186 valence electrons. The molecule has 0 fully saturated rings. The number of hydrogen-bond acceptors (Lipinski definition) is 6. The van der Waals surface area contributed by atoms with Crippen LogP contribution < -0.4 is 15.8 Å². The highest BCUT2D eigenvalue weighted by molar-refractivity contribution is 6.25. The summed E-state index contributed by atoms with van der Waals surface area (Å²) < 4.78 is 13.8. The minimum absolute atomic E-state index is 0.183. The summed E-state index contributed by atoms with van der Waals surface area (Å²) in [6, 6.07) is 13.7. The Morgan fingerprint density at radius 1 is 1.05 bits per heavy atom. The van der Waals surface area contributed by atoms with Gasteiger partial charge < -0.3 is 20.2 Å². The van der Waals surface area contributed by atoms with Crippen LogP contribution in [-0.4, -0.2) is 27.3 Å². The number of benzene rings is 3. The number of nitrogens with two attached hydrogens (primary N) is 1. The van der Waals surface area contributed by atoms with E-state index in [1.165, 1.54) is 0 Å². The molecule has 4 aromatic heterocycles. The summed E-state index contributed by atoms with van der Waals surface area (Å²) in [5.74, 6) is 0.845. The molecule has 3 N–H and O–H groups in total. The van der Waals surface area contributed by atoms with Gasteiger partial charge in [0.1, 0.15) is 22.7 Å². The van der Waals surface area contributed by atoms with Gasteiger partial charge in [0.2, 0.25) is 0 Å². The van der Waals surface area contributed by atoms with Crippen molar-refractivity contribution < 1.29 is 13.9 Å². The van der Waals surface area contributed by atoms with E-state index in [4.69, 9.17) is 14.9 Å². The fourth-order valence-corrected chi connectivity index (χ4v) is 4.96. The van der Waals surface area contributed by atoms with Crippen molar-refractivity contribution in [3.8, 4) is 5.75 Å². The van der Waals surface area contributed by atoms with E-state index < -0.39 is 0 Å². The summed E-state index contributed by atoms with van der Waals surface area (Å²) in [6.07, 6.45) is 3.88. The zero-order chi connectivity index (χ0) is 25.7. The number of nitrogens with zero attached hydrogens (tertiary/aromatic N) is 3. The Kier molecular flexibility index (Phi) is 5.44. The fourth-order valence-electron chi connectivity index (χ4n) is 4.96. The van der Waals surface area contributed by atoms with Crippen molar-refractivity contribution in [3.63, 3.8) is 0 Å². The van der Waals surface area contributed by atoms with E-state index in [9.17, 15) is 4.79 Å². The monoisotopic (exact) mass is 493 g/mol. The molecule has 2 aromatic carbocycles. The van der Waals surface area contributed by atoms with Crippen LogP contribution in [0, 0.1) is 13.8 Å². The van der Waals surface area contributed by atoms with Crippen LogP contribution in [0.5, 0.6) is 5.75 Å². The SMILES string of the molecule is CCOc1cc(N)nc(C)c1CNC(=O)c1ccc2c(c1)c1oc2c2ccc(Cn3cc(C)cn3)cc21. The van der Waals surface area contributed by atoms with Crippen LogP contribution in [0.25, 0.3) is 32.7 Å². The first-order chi connectivity index (χ1) is 17.9. The summed E-state index contributed by atoms with van der Waals surface area (Å²) in [5, 5.41) is 11.5. The molecular formula is C29H27N5O3. The van der Waals surface area contributed by atoms with Gasteiger partial charge >= 0.3 is 0 Å². The number of nitrogens with one attached hydrogen (secondary N) is 1. The maximum absolute atomic E-state index is 13.1. The molecule has 8 heteroatoms. The number of carbonyl (C=O) groups is 1. The predicted molar refractivity (Wildman–Crippen MR) is 144 cm³/mol. The molecule has 0 aliphatic carbocycles. The number of amides is 1. The third kappa shape index (κ3) is 4.00. The Hall–Kier alpha value is -4.59. The lowest BCUT2D eigenvalue weighted by atomic mass is 10.00. The number of aromatic nitrogens is 3. The third-order valence-electron chi connectivity index (χ3n) is 6.69. The second-order valence-electron chi connectivity index (χ2n) is 9.34. The molecule has 8 nitrogen and oxygen atoms in total. The standard InChI is InChI=1S/C29H27N5O3/c1-4-36-25-11-26(30)33-17(3)24(25)13-31-29(35)19-6-8-21-23(10-19)28-22-9-18(5-7-20(22)27(21)37-28)15-34-14-16(2)12-32-34/h5-12,14H,4,13,15H2,1-3H3,(H2,30,33)(H,31,35). The number of furan rings is 2. The molecule has 1 amide bonds. The smallest absolute Gasteiger partial charge is 0.251 e. The molecule has 0 saturated heterocycles. The van der Waals surface area contributed by atoms with Crippen LogP contribution >= 0.6 is 0 Å². The molecule has 0 aliphatic rings. The summed E-state index contributed by atoms with van der Waals surface area (Å²) in [5.41, 5.74) is 11.9. The predicted octanol–water partition coefficient (Wildman–Crippen LogP) is 5.34. The number of aryl methyl sites for hydroxylation is 2. The topological polar surface area (TPSA) is 108 Å². The first kappa shape index (κ1) is 22.8. The molecule has 0 spiro atoms. The van der Waals surface area contributed by atoms with E-state index in [-0.39, 0.29) is 12.5 Å². The van der Waals surface area contributed by atoms with Crippen molar-refractivity contribution in [1.82, 2.24) is 20.1 Å². The molecule has 2 bridgehead atoms. The second kappa shape index (κ2) is 8.81. The van der Waals surface area contributed by atoms with Crippen LogP contribution in [0.1, 0.15) is 39.7 Å². The van der Waals surface area contributed by atoms with Crippen LogP contribution in [0.3, 0.4) is 0 Å². The number of pyridine rings is 1. The first-order valence-electron chi connectivity index (χ1n) is 12.3. The zero-order valence-corrected chi connectivity index (χ0v) is 21.0. The molecule has 4 heterocycles. The van der Waals surface area contributed by atoms with Gasteiger partial charge in [0.05, 0.1) is 19.3 Å². The molecule has 6 aromatic rings. The molecular weight excluding hydrogens is 466 g/mol. The average Bonchev–Trinajstić information content (AvgIpc) is 3.57. The van der Waals surface area contributed by atoms with Gasteiger partial charge in [-0.15, -0.1) is 0 Å². The molecule has 0 radical (unpaired) electrons. The summed E-state index contributed by atoms with van der Waals surface area (Å²) >= 11 is 0. The van der Waals surface area contributed by atoms with E-state index >= 15 is 0 Å². The van der Waals surface area contributed by atoms with Crippen LogP contribution in [0.15, 0.2) is 59.3 Å². The Labute approximate surface area is 213 Å². The van der Waals surface area contributed by atoms with Gasteiger partial charge in [-0.25, -0.2) is 4.98 Å². The molecule has 37 heavy (non-hydrogen) atoms. The zero-order valence-electron chi connectivity index (χ0n) is 21.0. The van der Waals surface area contributed by atoms with Crippen molar-refractivity contribution in [3.05, 3.63) is 82.8 Å². The van der Waals surface area contributed by atoms with Crippen LogP contribution in [0.2, 0.25) is 0 Å². The van der Waals surface area contributed by atoms with E-state index in [0.29, 0.717) is 30.3 Å². The highest BCUT2D eigenvalue weighted by Crippen LogP contribution is 2.41. The number of carbonyl (C=O) groups excluding carboxylic acids is 1. The number of nitrogen functional groups attached to an aromatic ring is 1. The highest BCUT2D eigenvalue weighted by Gasteiger charge is 2.20. The minimum atomic E-state index is -0.183. The van der Waals surface area contributed by atoms with Gasteiger partial charge in [-0.05, 0) is 56.2 Å². The normalized spacial score (nSPS) is 11.6. The lowest BCUT2D eigenvalue weighted by Gasteiger charge is -2.14. The summed E-state index contributed by atoms with van der Waals surface area (Å²) in [4.78, 5) is 17.4. The molecule has 0 atom stereocenters. The van der Waals surface area contributed by atoms with Gasteiger partial charge in [0, 0.05) is 57.2 Å². The maximum atomic E-state index is 13.1. The van der Waals surface area contributed by atoms with E-state index in [1.807, 2.05) is 56.0 Å². The number of anilines is 1. The number of hydrogen-bond donors (Lipinski definition) is 2. The molecule has 0 saturated carbocycles. The van der Waals surface area contributed by atoms with E-state index in [2.05, 4.69) is 33.6 Å². The Bertz CT molecular complexity index is 1780. The van der Waals surface area contributed by atoms with E-state index in [1.54, 1.807) is 6.07 Å². The number of rotatable bonds is 7. The number of fused-ring (bicyclic) bond motifs is 8. The Balaban J connectivity index is 1.29. The molecule has 0 aliphatic heterocycles. The fraction of sp³-hybridized carbons (Fsp3) is 0.207. The van der Waals surface area contributed by atoms with Gasteiger partial charge in [-0.3, -0.25) is 9.48 Å². The number of ether oxygens (including phenoxy) is 1. The van der Waals surface area contributed by atoms with Crippen LogP contribution in [0.4, 0.5) is 5.82 Å². The van der Waals surface area contributed by atoms with Crippen LogP contribution in [-0.2, 0) is 13.1 Å². The Morgan fingerprint density at radius 3 is 2.57 bits per heavy atom. The van der Waals surface area contributed by atoms with E-state index in [0.717, 1.165) is 55.1 Å². The van der Waals surface area contributed by atoms with Gasteiger partial charge in [0.15, 0.2) is 0 Å². The quantitative estimate of drug-likeness (QED) is 0.291. The van der Waals surface area contributed by atoms with Crippen molar-refractivity contribution in [2.45, 2.75) is 33.9 Å². The lowest BCUT2D eigenvalue weighted by molar-refractivity contribution is 0.0950. The second-order valence-corrected chi connectivity index (χ2v) is 9.34. The Morgan fingerprint density at radius 2 is 1.81 bits per heavy atom. The van der Waals surface area contributed by atoms with Crippen molar-refractivity contribution in [1.29, 1.82) is 0 Å². The lowest BCUT2D eigenvalue weighted by Crippen LogP contribution is -2.24. The van der Waals surface area contributed by atoms with Gasteiger partial charge in [-0.1, -0.05) is 12.1 Å². The summed E-state index contributed by atoms with van der Waals surface area (Å²) in [7, 11) is 0. The minimum Gasteiger partial charge on any atom is -0.493 e. The average molecular weight is 494 g/mol.